The van der Waals surface area contributed by atoms with E-state index in [-0.39, 0.29) is 0 Å². The zero-order valence-electron chi connectivity index (χ0n) is 9.93. The fourth-order valence-corrected chi connectivity index (χ4v) is 2.32. The highest BCUT2D eigenvalue weighted by Crippen LogP contribution is 2.26. The van der Waals surface area contributed by atoms with Crippen molar-refractivity contribution in [3.63, 3.8) is 0 Å². The van der Waals surface area contributed by atoms with Crippen molar-refractivity contribution in [3.05, 3.63) is 35.5 Å². The minimum absolute atomic E-state index is 0.685. The molecule has 2 aromatic rings. The van der Waals surface area contributed by atoms with Crippen LogP contribution in [0.3, 0.4) is 0 Å². The summed E-state index contributed by atoms with van der Waals surface area (Å²) in [5.41, 5.74) is 7.75. The Hall–Kier alpha value is -1.49. The van der Waals surface area contributed by atoms with E-state index >= 15 is 0 Å². The number of hydrogen-bond donors (Lipinski definition) is 1. The molecule has 0 saturated carbocycles. The number of anilines is 1. The van der Waals surface area contributed by atoms with E-state index in [1.807, 2.05) is 25.1 Å². The highest BCUT2D eigenvalue weighted by Gasteiger charge is 2.06. The maximum Gasteiger partial charge on any atom is 0.226 e. The summed E-state index contributed by atoms with van der Waals surface area (Å²) in [6.45, 7) is 4.06. The minimum atomic E-state index is 0.685. The number of nitrogen functional groups attached to an aromatic ring is 1. The van der Waals surface area contributed by atoms with E-state index in [1.54, 1.807) is 11.8 Å². The van der Waals surface area contributed by atoms with Crippen LogP contribution >= 0.6 is 11.8 Å². The van der Waals surface area contributed by atoms with Crippen LogP contribution in [-0.4, -0.2) is 10.1 Å². The summed E-state index contributed by atoms with van der Waals surface area (Å²) in [6.07, 6.45) is 0.773. The van der Waals surface area contributed by atoms with Crippen molar-refractivity contribution >= 4 is 17.4 Å². The number of nitrogens with zero attached hydrogens (tertiary/aromatic N) is 2. The molecule has 0 spiro atoms. The zero-order valence-corrected chi connectivity index (χ0v) is 10.8. The van der Waals surface area contributed by atoms with Crippen molar-refractivity contribution in [2.24, 2.45) is 0 Å². The Kier molecular flexibility index (Phi) is 3.68. The molecule has 0 aliphatic heterocycles. The molecule has 1 heterocycles. The Morgan fingerprint density at radius 2 is 2.24 bits per heavy atom. The van der Waals surface area contributed by atoms with Crippen LogP contribution in [0.1, 0.15) is 24.2 Å². The normalized spacial score (nSPS) is 10.7. The molecule has 2 rings (SSSR count). The summed E-state index contributed by atoms with van der Waals surface area (Å²) in [7, 11) is 0. The summed E-state index contributed by atoms with van der Waals surface area (Å²) in [5, 5.41) is 3.92. The summed E-state index contributed by atoms with van der Waals surface area (Å²) in [6, 6.07) is 5.90. The molecule has 0 atom stereocenters. The van der Waals surface area contributed by atoms with Crippen LogP contribution in [-0.2, 0) is 12.2 Å². The predicted octanol–water partition coefficient (Wildman–Crippen LogP) is 2.81. The molecule has 5 heteroatoms. The van der Waals surface area contributed by atoms with E-state index in [2.05, 4.69) is 17.1 Å². The van der Waals surface area contributed by atoms with Gasteiger partial charge in [0, 0.05) is 17.0 Å². The van der Waals surface area contributed by atoms with Crippen molar-refractivity contribution in [2.45, 2.75) is 30.9 Å². The maximum atomic E-state index is 5.76. The van der Waals surface area contributed by atoms with Gasteiger partial charge in [0.15, 0.2) is 5.82 Å². The first-order valence-corrected chi connectivity index (χ1v) is 6.48. The fraction of sp³-hybridized carbons (Fsp3) is 0.333. The number of nitrogens with two attached hydrogens (primary N) is 1. The average Bonchev–Trinajstić information content (AvgIpc) is 2.78. The Balaban J connectivity index is 2.04. The molecule has 1 aromatic carbocycles. The molecule has 90 valence electrons. The Morgan fingerprint density at radius 1 is 1.41 bits per heavy atom. The molecular weight excluding hydrogens is 234 g/mol. The van der Waals surface area contributed by atoms with Gasteiger partial charge >= 0.3 is 0 Å². The van der Waals surface area contributed by atoms with Crippen LogP contribution in [0.25, 0.3) is 0 Å². The highest BCUT2D eigenvalue weighted by molar-refractivity contribution is 7.98. The van der Waals surface area contributed by atoms with E-state index in [1.165, 1.54) is 5.56 Å². The van der Waals surface area contributed by atoms with Crippen molar-refractivity contribution in [1.82, 2.24) is 10.1 Å². The predicted molar refractivity (Wildman–Crippen MR) is 68.8 cm³/mol. The lowest BCUT2D eigenvalue weighted by Crippen LogP contribution is -1.89. The van der Waals surface area contributed by atoms with E-state index in [0.29, 0.717) is 11.6 Å². The molecular formula is C12H15N3OS. The van der Waals surface area contributed by atoms with Gasteiger partial charge in [-0.1, -0.05) is 18.1 Å². The van der Waals surface area contributed by atoms with Crippen molar-refractivity contribution in [2.75, 3.05) is 5.73 Å². The summed E-state index contributed by atoms with van der Waals surface area (Å²) in [4.78, 5) is 5.43. The molecule has 0 saturated heterocycles. The standard InChI is InChI=1S/C12H15N3OS/c1-3-12-14-11(15-16-12)7-17-10-6-9(13)5-4-8(10)2/h4-6H,3,7,13H2,1-2H3. The second-order valence-electron chi connectivity index (χ2n) is 3.77. The van der Waals surface area contributed by atoms with Crippen LogP contribution < -0.4 is 5.73 Å². The minimum Gasteiger partial charge on any atom is -0.399 e. The van der Waals surface area contributed by atoms with Gasteiger partial charge in [0.2, 0.25) is 5.89 Å². The molecule has 0 bridgehead atoms. The van der Waals surface area contributed by atoms with Crippen LogP contribution in [0.2, 0.25) is 0 Å². The van der Waals surface area contributed by atoms with Gasteiger partial charge < -0.3 is 10.3 Å². The van der Waals surface area contributed by atoms with E-state index in [9.17, 15) is 0 Å². The number of rotatable bonds is 4. The smallest absolute Gasteiger partial charge is 0.226 e. The first kappa shape index (κ1) is 12.0. The molecule has 0 radical (unpaired) electrons. The van der Waals surface area contributed by atoms with Gasteiger partial charge in [-0.15, -0.1) is 11.8 Å². The van der Waals surface area contributed by atoms with Crippen molar-refractivity contribution < 1.29 is 4.52 Å². The second kappa shape index (κ2) is 5.23. The fourth-order valence-electron chi connectivity index (χ4n) is 1.41. The van der Waals surface area contributed by atoms with Crippen LogP contribution in [0.4, 0.5) is 5.69 Å². The summed E-state index contributed by atoms with van der Waals surface area (Å²) in [5.74, 6) is 2.12. The van der Waals surface area contributed by atoms with Crippen molar-refractivity contribution in [1.29, 1.82) is 0 Å². The molecule has 17 heavy (non-hydrogen) atoms. The third-order valence-corrected chi connectivity index (χ3v) is 3.53. The molecule has 0 aliphatic rings. The molecule has 1 aromatic heterocycles. The van der Waals surface area contributed by atoms with Gasteiger partial charge in [-0.2, -0.15) is 4.98 Å². The van der Waals surface area contributed by atoms with E-state index in [4.69, 9.17) is 10.3 Å². The quantitative estimate of drug-likeness (QED) is 0.666. The average molecular weight is 249 g/mol. The number of hydrogen-bond acceptors (Lipinski definition) is 5. The van der Waals surface area contributed by atoms with Gasteiger partial charge in [0.25, 0.3) is 0 Å². The maximum absolute atomic E-state index is 5.76. The van der Waals surface area contributed by atoms with Gasteiger partial charge in [0.1, 0.15) is 0 Å². The highest BCUT2D eigenvalue weighted by atomic mass is 32.2. The molecule has 0 unspecified atom stereocenters. The van der Waals surface area contributed by atoms with E-state index in [0.717, 1.165) is 22.8 Å². The lowest BCUT2D eigenvalue weighted by molar-refractivity contribution is 0.378. The van der Waals surface area contributed by atoms with E-state index < -0.39 is 0 Å². The van der Waals surface area contributed by atoms with Crippen LogP contribution in [0.15, 0.2) is 27.6 Å². The van der Waals surface area contributed by atoms with Gasteiger partial charge in [-0.3, -0.25) is 0 Å². The summed E-state index contributed by atoms with van der Waals surface area (Å²) >= 11 is 1.67. The Morgan fingerprint density at radius 3 is 2.94 bits per heavy atom. The summed E-state index contributed by atoms with van der Waals surface area (Å²) < 4.78 is 5.06. The largest absolute Gasteiger partial charge is 0.399 e. The van der Waals surface area contributed by atoms with Crippen LogP contribution in [0.5, 0.6) is 0 Å². The molecule has 0 aliphatic carbocycles. The van der Waals surface area contributed by atoms with Crippen LogP contribution in [0, 0.1) is 6.92 Å². The van der Waals surface area contributed by atoms with Gasteiger partial charge in [0.05, 0.1) is 5.75 Å². The number of thioether (sulfide) groups is 1. The first-order valence-electron chi connectivity index (χ1n) is 5.49. The number of benzene rings is 1. The topological polar surface area (TPSA) is 64.9 Å². The number of aromatic nitrogens is 2. The lowest BCUT2D eigenvalue weighted by Gasteiger charge is -2.04. The SMILES string of the molecule is CCc1nc(CSc2cc(N)ccc2C)no1. The first-order chi connectivity index (χ1) is 8.19. The third-order valence-electron chi connectivity index (χ3n) is 2.38. The number of aryl methyl sites for hydroxylation is 2. The monoisotopic (exact) mass is 249 g/mol. The lowest BCUT2D eigenvalue weighted by atomic mass is 10.2. The molecule has 4 nitrogen and oxygen atoms in total. The second-order valence-corrected chi connectivity index (χ2v) is 4.79. The van der Waals surface area contributed by atoms with Crippen molar-refractivity contribution in [3.8, 4) is 0 Å². The van der Waals surface area contributed by atoms with Gasteiger partial charge in [-0.25, -0.2) is 0 Å². The molecule has 0 amide bonds. The molecule has 2 N–H and O–H groups in total. The Labute approximate surface area is 105 Å². The molecule has 0 fully saturated rings. The zero-order chi connectivity index (χ0) is 12.3. The third kappa shape index (κ3) is 3.00. The van der Waals surface area contributed by atoms with Gasteiger partial charge in [-0.05, 0) is 24.6 Å². The Bertz CT molecular complexity index is 510.